The summed E-state index contributed by atoms with van der Waals surface area (Å²) in [6.45, 7) is 1.60. The molecule has 0 fully saturated rings. The maximum atomic E-state index is 11.3. The number of methoxy groups -OCH3 is 1. The average molecular weight is 264 g/mol. The van der Waals surface area contributed by atoms with Crippen molar-refractivity contribution in [3.8, 4) is 5.75 Å². The van der Waals surface area contributed by atoms with Crippen LogP contribution in [0.15, 0.2) is 24.3 Å². The summed E-state index contributed by atoms with van der Waals surface area (Å²) in [5.41, 5.74) is 5.53. The molecule has 5 nitrogen and oxygen atoms in total. The first-order chi connectivity index (χ1) is 6.95. The van der Waals surface area contributed by atoms with Gasteiger partial charge in [0.25, 0.3) is 0 Å². The molecule has 6 heteroatoms. The van der Waals surface area contributed by atoms with Crippen LogP contribution in [0.3, 0.4) is 0 Å². The Bertz CT molecular complexity index is 368. The highest BCUT2D eigenvalue weighted by atomic mass is 35.5. The molecule has 0 saturated carbocycles. The molecular weight excluding hydrogens is 246 g/mol. The predicted molar refractivity (Wildman–Crippen MR) is 67.3 cm³/mol. The standard InChI is InChI=1S/C11H15NO3.ClH.H2O/c1-11(12,10(14)15-2)7-8-4-3-5-9(13)6-8;;/h3-6,13H,7,12H2,1-2H3;1H;1H2. The predicted octanol–water partition coefficient (Wildman–Crippen LogP) is 0.422. The number of benzene rings is 1. The fraction of sp³-hybridized carbons (Fsp3) is 0.364. The molecule has 5 N–H and O–H groups in total. The van der Waals surface area contributed by atoms with Crippen LogP contribution in [0.5, 0.6) is 5.75 Å². The smallest absolute Gasteiger partial charge is 0.325 e. The molecule has 0 amide bonds. The fourth-order valence-electron chi connectivity index (χ4n) is 1.40. The molecule has 0 aliphatic heterocycles. The monoisotopic (exact) mass is 263 g/mol. The Hall–Kier alpha value is -1.30. The SMILES string of the molecule is COC(=O)C(C)(N)Cc1cccc(O)c1.Cl.O. The van der Waals surface area contributed by atoms with Crippen LogP contribution >= 0.6 is 12.4 Å². The Labute approximate surface area is 106 Å². The van der Waals surface area contributed by atoms with Gasteiger partial charge in [-0.3, -0.25) is 4.79 Å². The van der Waals surface area contributed by atoms with Crippen LogP contribution in [-0.4, -0.2) is 29.2 Å². The van der Waals surface area contributed by atoms with Gasteiger partial charge in [-0.1, -0.05) is 12.1 Å². The topological polar surface area (TPSA) is 104 Å². The largest absolute Gasteiger partial charge is 0.508 e. The number of rotatable bonds is 3. The van der Waals surface area contributed by atoms with E-state index in [9.17, 15) is 9.90 Å². The first-order valence-electron chi connectivity index (χ1n) is 4.61. The molecule has 0 saturated heterocycles. The first kappa shape index (κ1) is 18.1. The number of carbonyl (C=O) groups excluding carboxylic acids is 1. The van der Waals surface area contributed by atoms with Crippen LogP contribution < -0.4 is 5.73 Å². The van der Waals surface area contributed by atoms with Gasteiger partial charge in [0, 0.05) is 6.42 Å². The van der Waals surface area contributed by atoms with E-state index in [0.717, 1.165) is 5.56 Å². The Morgan fingerprint density at radius 3 is 2.59 bits per heavy atom. The maximum absolute atomic E-state index is 11.3. The van der Waals surface area contributed by atoms with E-state index in [1.807, 2.05) is 0 Å². The van der Waals surface area contributed by atoms with Crippen molar-refractivity contribution in [2.24, 2.45) is 5.73 Å². The van der Waals surface area contributed by atoms with Gasteiger partial charge in [-0.15, -0.1) is 12.4 Å². The summed E-state index contributed by atoms with van der Waals surface area (Å²) in [5.74, 6) is -0.306. The van der Waals surface area contributed by atoms with E-state index in [2.05, 4.69) is 4.74 Å². The number of nitrogens with two attached hydrogens (primary N) is 1. The molecule has 0 bridgehead atoms. The van der Waals surface area contributed by atoms with Gasteiger partial charge < -0.3 is 21.1 Å². The summed E-state index contributed by atoms with van der Waals surface area (Å²) in [5, 5.41) is 9.25. The van der Waals surface area contributed by atoms with Gasteiger partial charge in [0.05, 0.1) is 7.11 Å². The van der Waals surface area contributed by atoms with E-state index in [-0.39, 0.29) is 23.6 Å². The lowest BCUT2D eigenvalue weighted by atomic mass is 9.94. The lowest BCUT2D eigenvalue weighted by Gasteiger charge is -2.21. The number of hydrogen-bond donors (Lipinski definition) is 2. The Morgan fingerprint density at radius 1 is 1.53 bits per heavy atom. The molecule has 98 valence electrons. The summed E-state index contributed by atoms with van der Waals surface area (Å²) in [6, 6.07) is 6.65. The van der Waals surface area contributed by atoms with E-state index in [0.29, 0.717) is 6.42 Å². The van der Waals surface area contributed by atoms with Crippen LogP contribution in [0.2, 0.25) is 0 Å². The second-order valence-electron chi connectivity index (χ2n) is 3.76. The summed E-state index contributed by atoms with van der Waals surface area (Å²) in [4.78, 5) is 11.3. The fourth-order valence-corrected chi connectivity index (χ4v) is 1.40. The van der Waals surface area contributed by atoms with E-state index in [1.165, 1.54) is 7.11 Å². The minimum Gasteiger partial charge on any atom is -0.508 e. The summed E-state index contributed by atoms with van der Waals surface area (Å²) >= 11 is 0. The second-order valence-corrected chi connectivity index (χ2v) is 3.76. The van der Waals surface area contributed by atoms with Crippen molar-refractivity contribution >= 4 is 18.4 Å². The van der Waals surface area contributed by atoms with Crippen molar-refractivity contribution in [2.75, 3.05) is 7.11 Å². The Kier molecular flexibility index (Phi) is 7.56. The van der Waals surface area contributed by atoms with Gasteiger partial charge in [-0.25, -0.2) is 0 Å². The number of hydrogen-bond acceptors (Lipinski definition) is 4. The van der Waals surface area contributed by atoms with Gasteiger partial charge in [0.2, 0.25) is 0 Å². The van der Waals surface area contributed by atoms with Crippen LogP contribution in [0.1, 0.15) is 12.5 Å². The molecule has 0 heterocycles. The molecular formula is C11H18ClNO4. The van der Waals surface area contributed by atoms with Gasteiger partial charge in [0.1, 0.15) is 11.3 Å². The minimum absolute atomic E-state index is 0. The second kappa shape index (κ2) is 7.11. The third kappa shape index (κ3) is 5.04. The zero-order chi connectivity index (χ0) is 11.5. The Balaban J connectivity index is 0. The third-order valence-corrected chi connectivity index (χ3v) is 2.13. The van der Waals surface area contributed by atoms with Crippen molar-refractivity contribution in [2.45, 2.75) is 18.9 Å². The van der Waals surface area contributed by atoms with E-state index in [1.54, 1.807) is 31.2 Å². The van der Waals surface area contributed by atoms with Gasteiger partial charge >= 0.3 is 5.97 Å². The molecule has 1 atom stereocenters. The molecule has 1 unspecified atom stereocenters. The summed E-state index contributed by atoms with van der Waals surface area (Å²) < 4.78 is 4.59. The molecule has 0 radical (unpaired) electrons. The third-order valence-electron chi connectivity index (χ3n) is 2.13. The average Bonchev–Trinajstić information content (AvgIpc) is 2.15. The highest BCUT2D eigenvalue weighted by Crippen LogP contribution is 2.16. The van der Waals surface area contributed by atoms with Crippen molar-refractivity contribution in [3.05, 3.63) is 29.8 Å². The van der Waals surface area contributed by atoms with Crippen molar-refractivity contribution in [3.63, 3.8) is 0 Å². The molecule has 0 aliphatic rings. The maximum Gasteiger partial charge on any atom is 0.325 e. The van der Waals surface area contributed by atoms with E-state index >= 15 is 0 Å². The minimum atomic E-state index is -1.07. The summed E-state index contributed by atoms with van der Waals surface area (Å²) in [6.07, 6.45) is 0.327. The van der Waals surface area contributed by atoms with Crippen molar-refractivity contribution < 1.29 is 20.1 Å². The number of esters is 1. The first-order valence-corrected chi connectivity index (χ1v) is 4.61. The zero-order valence-electron chi connectivity index (χ0n) is 9.77. The molecule has 1 rings (SSSR count). The van der Waals surface area contributed by atoms with Crippen LogP contribution in [0, 0.1) is 0 Å². The van der Waals surface area contributed by atoms with Gasteiger partial charge in [-0.2, -0.15) is 0 Å². The van der Waals surface area contributed by atoms with Gasteiger partial charge in [0.15, 0.2) is 0 Å². The normalized spacial score (nSPS) is 12.6. The van der Waals surface area contributed by atoms with Gasteiger partial charge in [-0.05, 0) is 24.6 Å². The molecule has 0 aliphatic carbocycles. The van der Waals surface area contributed by atoms with Crippen molar-refractivity contribution in [1.82, 2.24) is 0 Å². The van der Waals surface area contributed by atoms with E-state index in [4.69, 9.17) is 5.73 Å². The van der Waals surface area contributed by atoms with Crippen LogP contribution in [0.25, 0.3) is 0 Å². The lowest BCUT2D eigenvalue weighted by Crippen LogP contribution is -2.47. The van der Waals surface area contributed by atoms with E-state index < -0.39 is 11.5 Å². The highest BCUT2D eigenvalue weighted by Gasteiger charge is 2.29. The molecule has 1 aromatic rings. The number of carbonyl (C=O) groups is 1. The molecule has 17 heavy (non-hydrogen) atoms. The molecule has 0 aromatic heterocycles. The van der Waals surface area contributed by atoms with Crippen molar-refractivity contribution in [1.29, 1.82) is 0 Å². The summed E-state index contributed by atoms with van der Waals surface area (Å²) in [7, 11) is 1.30. The van der Waals surface area contributed by atoms with Crippen LogP contribution in [0.4, 0.5) is 0 Å². The number of halogens is 1. The molecule has 1 aromatic carbocycles. The highest BCUT2D eigenvalue weighted by molar-refractivity contribution is 5.85. The zero-order valence-corrected chi connectivity index (χ0v) is 10.6. The quantitative estimate of drug-likeness (QED) is 0.771. The molecule has 0 spiro atoms. The van der Waals surface area contributed by atoms with Crippen LogP contribution in [-0.2, 0) is 16.0 Å². The Morgan fingerprint density at radius 2 is 2.12 bits per heavy atom. The lowest BCUT2D eigenvalue weighted by molar-refractivity contribution is -0.146. The number of ether oxygens (including phenoxy) is 1. The number of phenols is 1. The number of aromatic hydroxyl groups is 1. The number of phenolic OH excluding ortho intramolecular Hbond substituents is 1.